The molecule has 1 atom stereocenters. The van der Waals surface area contributed by atoms with Crippen LogP contribution >= 0.6 is 0 Å². The molecule has 1 aliphatic rings. The molecule has 2 heteroatoms. The first-order chi connectivity index (χ1) is 8.04. The number of hydrogen-bond donors (Lipinski definition) is 0. The molecule has 1 fully saturated rings. The zero-order chi connectivity index (χ0) is 12.9. The number of hydrogen-bond acceptors (Lipinski definition) is 2. The minimum Gasteiger partial charge on any atom is -0.297 e. The van der Waals surface area contributed by atoms with E-state index in [9.17, 15) is 4.79 Å². The van der Waals surface area contributed by atoms with E-state index in [1.807, 2.05) is 0 Å². The lowest BCUT2D eigenvalue weighted by atomic mass is 9.78. The fourth-order valence-corrected chi connectivity index (χ4v) is 3.25. The zero-order valence-corrected chi connectivity index (χ0v) is 12.1. The second kappa shape index (κ2) is 6.53. The van der Waals surface area contributed by atoms with Gasteiger partial charge < -0.3 is 0 Å². The molecule has 1 aliphatic carbocycles. The zero-order valence-electron chi connectivity index (χ0n) is 12.1. The summed E-state index contributed by atoms with van der Waals surface area (Å²) in [5.41, 5.74) is -0.162. The van der Waals surface area contributed by atoms with Crippen molar-refractivity contribution in [2.75, 3.05) is 14.1 Å². The van der Waals surface area contributed by atoms with Crippen LogP contribution in [-0.4, -0.2) is 30.3 Å². The number of rotatable bonds is 5. The van der Waals surface area contributed by atoms with E-state index in [0.29, 0.717) is 5.78 Å². The molecular formula is C15H29NO. The molecular weight excluding hydrogens is 210 g/mol. The van der Waals surface area contributed by atoms with Crippen LogP contribution in [0.4, 0.5) is 0 Å². The third kappa shape index (κ3) is 3.31. The molecule has 1 unspecified atom stereocenters. The van der Waals surface area contributed by atoms with Gasteiger partial charge in [-0.2, -0.15) is 0 Å². The number of carbonyl (C=O) groups excluding carboxylic acids is 1. The summed E-state index contributed by atoms with van der Waals surface area (Å²) >= 11 is 0. The second-order valence-electron chi connectivity index (χ2n) is 5.89. The predicted octanol–water partition coefficient (Wildman–Crippen LogP) is 3.65. The highest BCUT2D eigenvalue weighted by Gasteiger charge is 2.41. The maximum Gasteiger partial charge on any atom is 0.155 e. The van der Waals surface area contributed by atoms with Crippen molar-refractivity contribution in [2.24, 2.45) is 5.92 Å². The fraction of sp³-hybridized carbons (Fsp3) is 0.933. The molecule has 0 N–H and O–H groups in total. The normalized spacial score (nSPS) is 22.2. The molecule has 1 rings (SSSR count). The summed E-state index contributed by atoms with van der Waals surface area (Å²) in [6, 6.07) is 0. The molecule has 0 aromatic rings. The lowest BCUT2D eigenvalue weighted by molar-refractivity contribution is -0.134. The minimum absolute atomic E-state index is 0.162. The van der Waals surface area contributed by atoms with Gasteiger partial charge in [-0.05, 0) is 33.4 Å². The molecule has 100 valence electrons. The van der Waals surface area contributed by atoms with Crippen LogP contribution in [0.25, 0.3) is 0 Å². The SMILES string of the molecule is CCCC(C)C(=O)C1(N(C)C)CCCCCC1. The Hall–Kier alpha value is -0.370. The summed E-state index contributed by atoms with van der Waals surface area (Å²) in [6.45, 7) is 4.28. The van der Waals surface area contributed by atoms with Gasteiger partial charge in [-0.3, -0.25) is 9.69 Å². The highest BCUT2D eigenvalue weighted by molar-refractivity contribution is 5.90. The van der Waals surface area contributed by atoms with E-state index in [1.54, 1.807) is 0 Å². The third-order valence-electron chi connectivity index (χ3n) is 4.41. The number of nitrogens with zero attached hydrogens (tertiary/aromatic N) is 1. The van der Waals surface area contributed by atoms with Crippen LogP contribution in [0.5, 0.6) is 0 Å². The molecule has 2 nitrogen and oxygen atoms in total. The molecule has 0 aliphatic heterocycles. The van der Waals surface area contributed by atoms with Crippen molar-refractivity contribution >= 4 is 5.78 Å². The smallest absolute Gasteiger partial charge is 0.155 e. The lowest BCUT2D eigenvalue weighted by Crippen LogP contribution is -2.52. The van der Waals surface area contributed by atoms with Gasteiger partial charge in [-0.1, -0.05) is 46.0 Å². The maximum absolute atomic E-state index is 12.8. The quantitative estimate of drug-likeness (QED) is 0.683. The van der Waals surface area contributed by atoms with Gasteiger partial charge in [0.15, 0.2) is 5.78 Å². The molecule has 0 amide bonds. The summed E-state index contributed by atoms with van der Waals surface area (Å²) in [6.07, 6.45) is 9.28. The summed E-state index contributed by atoms with van der Waals surface area (Å²) < 4.78 is 0. The van der Waals surface area contributed by atoms with E-state index in [2.05, 4.69) is 32.8 Å². The molecule has 0 aromatic carbocycles. The molecule has 0 radical (unpaired) electrons. The van der Waals surface area contributed by atoms with Crippen molar-refractivity contribution in [2.45, 2.75) is 70.8 Å². The van der Waals surface area contributed by atoms with Crippen molar-refractivity contribution < 1.29 is 4.79 Å². The maximum atomic E-state index is 12.8. The van der Waals surface area contributed by atoms with Crippen LogP contribution in [0.2, 0.25) is 0 Å². The topological polar surface area (TPSA) is 20.3 Å². The Morgan fingerprint density at radius 2 is 1.71 bits per heavy atom. The average molecular weight is 239 g/mol. The second-order valence-corrected chi connectivity index (χ2v) is 5.89. The van der Waals surface area contributed by atoms with Gasteiger partial charge in [-0.15, -0.1) is 0 Å². The number of Topliss-reactive ketones (excluding diaryl/α,β-unsaturated/α-hetero) is 1. The average Bonchev–Trinajstić information content (AvgIpc) is 2.54. The Morgan fingerprint density at radius 3 is 2.12 bits per heavy atom. The summed E-state index contributed by atoms with van der Waals surface area (Å²) in [4.78, 5) is 15.0. The van der Waals surface area contributed by atoms with Gasteiger partial charge in [0.1, 0.15) is 0 Å². The molecule has 0 spiro atoms. The number of likely N-dealkylation sites (N-methyl/N-ethyl adjacent to an activating group) is 1. The van der Waals surface area contributed by atoms with Crippen molar-refractivity contribution in [1.82, 2.24) is 4.90 Å². The van der Waals surface area contributed by atoms with E-state index in [4.69, 9.17) is 0 Å². The highest BCUT2D eigenvalue weighted by Crippen LogP contribution is 2.34. The number of carbonyl (C=O) groups is 1. The minimum atomic E-state index is -0.162. The molecule has 0 heterocycles. The van der Waals surface area contributed by atoms with Crippen LogP contribution in [0.1, 0.15) is 65.2 Å². The van der Waals surface area contributed by atoms with Gasteiger partial charge in [0.25, 0.3) is 0 Å². The largest absolute Gasteiger partial charge is 0.297 e. The molecule has 17 heavy (non-hydrogen) atoms. The Kier molecular flexibility index (Phi) is 5.64. The molecule has 0 saturated heterocycles. The van der Waals surface area contributed by atoms with Gasteiger partial charge in [0.05, 0.1) is 5.54 Å². The Labute approximate surface area is 107 Å². The third-order valence-corrected chi connectivity index (χ3v) is 4.41. The Balaban J connectivity index is 2.85. The van der Waals surface area contributed by atoms with E-state index in [-0.39, 0.29) is 11.5 Å². The van der Waals surface area contributed by atoms with E-state index >= 15 is 0 Å². The van der Waals surface area contributed by atoms with Gasteiger partial charge in [-0.25, -0.2) is 0 Å². The van der Waals surface area contributed by atoms with Gasteiger partial charge in [0.2, 0.25) is 0 Å². The highest BCUT2D eigenvalue weighted by atomic mass is 16.1. The summed E-state index contributed by atoms with van der Waals surface area (Å²) in [7, 11) is 4.17. The first-order valence-corrected chi connectivity index (χ1v) is 7.26. The Bertz CT molecular complexity index is 239. The summed E-state index contributed by atoms with van der Waals surface area (Å²) in [5, 5.41) is 0. The first-order valence-electron chi connectivity index (χ1n) is 7.26. The van der Waals surface area contributed by atoms with E-state index < -0.39 is 0 Å². The fourth-order valence-electron chi connectivity index (χ4n) is 3.25. The lowest BCUT2D eigenvalue weighted by Gasteiger charge is -2.39. The monoisotopic (exact) mass is 239 g/mol. The first kappa shape index (κ1) is 14.7. The predicted molar refractivity (Wildman–Crippen MR) is 73.2 cm³/mol. The van der Waals surface area contributed by atoms with Crippen molar-refractivity contribution in [3.05, 3.63) is 0 Å². The van der Waals surface area contributed by atoms with Crippen molar-refractivity contribution in [3.8, 4) is 0 Å². The standard InChI is InChI=1S/C15H29NO/c1-5-10-13(2)14(17)15(16(3)4)11-8-6-7-9-12-15/h13H,5-12H2,1-4H3. The number of ketones is 1. The molecule has 0 bridgehead atoms. The molecule has 0 aromatic heterocycles. The van der Waals surface area contributed by atoms with Gasteiger partial charge in [0, 0.05) is 5.92 Å². The van der Waals surface area contributed by atoms with Crippen LogP contribution in [-0.2, 0) is 4.79 Å². The van der Waals surface area contributed by atoms with Crippen LogP contribution in [0.3, 0.4) is 0 Å². The Morgan fingerprint density at radius 1 is 1.18 bits per heavy atom. The van der Waals surface area contributed by atoms with Crippen LogP contribution < -0.4 is 0 Å². The molecule has 1 saturated carbocycles. The van der Waals surface area contributed by atoms with Crippen molar-refractivity contribution in [1.29, 1.82) is 0 Å². The van der Waals surface area contributed by atoms with E-state index in [1.165, 1.54) is 25.7 Å². The van der Waals surface area contributed by atoms with Crippen LogP contribution in [0.15, 0.2) is 0 Å². The van der Waals surface area contributed by atoms with Gasteiger partial charge >= 0.3 is 0 Å². The summed E-state index contributed by atoms with van der Waals surface area (Å²) in [5.74, 6) is 0.715. The van der Waals surface area contributed by atoms with Crippen LogP contribution in [0, 0.1) is 5.92 Å². The van der Waals surface area contributed by atoms with Crippen molar-refractivity contribution in [3.63, 3.8) is 0 Å². The van der Waals surface area contributed by atoms with E-state index in [0.717, 1.165) is 25.7 Å².